The molecule has 1 heteroatoms. The van der Waals surface area contributed by atoms with Gasteiger partial charge in [0.05, 0.1) is 0 Å². The highest BCUT2D eigenvalue weighted by atomic mass is 14.8. The second-order valence-corrected chi connectivity index (χ2v) is 3.71. The Morgan fingerprint density at radius 2 is 2.17 bits per heavy atom. The minimum Gasteiger partial charge on any atom is -0.321 e. The van der Waals surface area contributed by atoms with Crippen LogP contribution in [0.15, 0.2) is 24.3 Å². The lowest BCUT2D eigenvalue weighted by Gasteiger charge is -2.09. The molecule has 2 rings (SSSR count). The Labute approximate surface area is 73.6 Å². The zero-order valence-corrected chi connectivity index (χ0v) is 7.51. The molecule has 0 radical (unpaired) electrons. The molecule has 1 aliphatic rings. The second kappa shape index (κ2) is 2.60. The topological polar surface area (TPSA) is 26.0 Å². The Balaban J connectivity index is 2.32. The van der Waals surface area contributed by atoms with Crippen LogP contribution in [0.3, 0.4) is 0 Å². The quantitative estimate of drug-likeness (QED) is 0.707. The maximum Gasteiger partial charge on any atom is 0.0411 e. The predicted octanol–water partition coefficient (Wildman–Crippen LogP) is 2.20. The minimum absolute atomic E-state index is 0.0329. The third-order valence-electron chi connectivity index (χ3n) is 2.70. The standard InChI is InChI=1S/C11H15N/c1-2-9-4-3-5-10(8-9)11(12)6-7-11/h3-5,8H,2,6-7,12H2,1H3. The maximum absolute atomic E-state index is 6.09. The van der Waals surface area contributed by atoms with Gasteiger partial charge in [-0.25, -0.2) is 0 Å². The largest absolute Gasteiger partial charge is 0.321 e. The third-order valence-corrected chi connectivity index (χ3v) is 2.70. The fourth-order valence-electron chi connectivity index (χ4n) is 1.52. The highest BCUT2D eigenvalue weighted by Crippen LogP contribution is 2.42. The molecule has 1 aromatic carbocycles. The molecule has 0 unspecified atom stereocenters. The lowest BCUT2D eigenvalue weighted by Crippen LogP contribution is -2.18. The van der Waals surface area contributed by atoms with Gasteiger partial charge in [0.1, 0.15) is 0 Å². The van der Waals surface area contributed by atoms with Gasteiger partial charge in [-0.2, -0.15) is 0 Å². The van der Waals surface area contributed by atoms with Crippen molar-refractivity contribution in [3.63, 3.8) is 0 Å². The van der Waals surface area contributed by atoms with Gasteiger partial charge in [-0.15, -0.1) is 0 Å². The van der Waals surface area contributed by atoms with Crippen molar-refractivity contribution < 1.29 is 0 Å². The minimum atomic E-state index is 0.0329. The lowest BCUT2D eigenvalue weighted by molar-refractivity contribution is 0.738. The van der Waals surface area contributed by atoms with Crippen LogP contribution in [-0.4, -0.2) is 0 Å². The molecule has 0 amide bonds. The molecule has 64 valence electrons. The number of aryl methyl sites for hydroxylation is 1. The number of hydrogen-bond donors (Lipinski definition) is 1. The molecule has 0 atom stereocenters. The molecule has 1 nitrogen and oxygen atoms in total. The van der Waals surface area contributed by atoms with E-state index in [1.165, 1.54) is 11.1 Å². The van der Waals surface area contributed by atoms with E-state index in [2.05, 4.69) is 31.2 Å². The third kappa shape index (κ3) is 1.25. The summed E-state index contributed by atoms with van der Waals surface area (Å²) < 4.78 is 0. The van der Waals surface area contributed by atoms with E-state index in [-0.39, 0.29) is 5.54 Å². The zero-order chi connectivity index (χ0) is 8.60. The summed E-state index contributed by atoms with van der Waals surface area (Å²) in [5.74, 6) is 0. The van der Waals surface area contributed by atoms with E-state index in [1.807, 2.05) is 0 Å². The summed E-state index contributed by atoms with van der Waals surface area (Å²) in [4.78, 5) is 0. The Hall–Kier alpha value is -0.820. The highest BCUT2D eigenvalue weighted by molar-refractivity contribution is 5.33. The average Bonchev–Trinajstić information content (AvgIpc) is 2.85. The molecule has 0 aliphatic heterocycles. The summed E-state index contributed by atoms with van der Waals surface area (Å²) in [5, 5.41) is 0. The van der Waals surface area contributed by atoms with Crippen LogP contribution in [0.2, 0.25) is 0 Å². The van der Waals surface area contributed by atoms with E-state index >= 15 is 0 Å². The number of rotatable bonds is 2. The van der Waals surface area contributed by atoms with Crippen molar-refractivity contribution in [1.82, 2.24) is 0 Å². The smallest absolute Gasteiger partial charge is 0.0411 e. The van der Waals surface area contributed by atoms with Crippen molar-refractivity contribution in [3.05, 3.63) is 35.4 Å². The van der Waals surface area contributed by atoms with E-state index < -0.39 is 0 Å². The van der Waals surface area contributed by atoms with Crippen LogP contribution in [0.5, 0.6) is 0 Å². The van der Waals surface area contributed by atoms with Crippen LogP contribution in [0.1, 0.15) is 30.9 Å². The van der Waals surface area contributed by atoms with E-state index in [9.17, 15) is 0 Å². The first-order valence-electron chi connectivity index (χ1n) is 4.63. The van der Waals surface area contributed by atoms with Crippen LogP contribution >= 0.6 is 0 Å². The van der Waals surface area contributed by atoms with Crippen molar-refractivity contribution in [2.45, 2.75) is 31.7 Å². The molecule has 0 aromatic heterocycles. The van der Waals surface area contributed by atoms with Crippen LogP contribution in [0, 0.1) is 0 Å². The van der Waals surface area contributed by atoms with Gasteiger partial charge in [0.2, 0.25) is 0 Å². The Kier molecular flexibility index (Phi) is 1.69. The Morgan fingerprint density at radius 1 is 1.42 bits per heavy atom. The normalized spacial score (nSPS) is 19.2. The number of hydrogen-bond acceptors (Lipinski definition) is 1. The summed E-state index contributed by atoms with van der Waals surface area (Å²) in [5.41, 5.74) is 8.84. The van der Waals surface area contributed by atoms with Crippen LogP contribution in [0.4, 0.5) is 0 Å². The van der Waals surface area contributed by atoms with Crippen molar-refractivity contribution in [2.24, 2.45) is 5.73 Å². The molecule has 2 N–H and O–H groups in total. The summed E-state index contributed by atoms with van der Waals surface area (Å²) in [6, 6.07) is 8.66. The van der Waals surface area contributed by atoms with Gasteiger partial charge in [-0.3, -0.25) is 0 Å². The summed E-state index contributed by atoms with van der Waals surface area (Å²) >= 11 is 0. The molecule has 0 saturated heterocycles. The molecule has 0 spiro atoms. The first-order valence-corrected chi connectivity index (χ1v) is 4.63. The van der Waals surface area contributed by atoms with E-state index in [1.54, 1.807) is 0 Å². The first kappa shape index (κ1) is 7.81. The van der Waals surface area contributed by atoms with E-state index in [0.717, 1.165) is 19.3 Å². The van der Waals surface area contributed by atoms with Crippen LogP contribution < -0.4 is 5.73 Å². The molecular formula is C11H15N. The first-order chi connectivity index (χ1) is 5.74. The molecule has 0 heterocycles. The van der Waals surface area contributed by atoms with Gasteiger partial charge in [0.15, 0.2) is 0 Å². The van der Waals surface area contributed by atoms with Crippen molar-refractivity contribution in [1.29, 1.82) is 0 Å². The fourth-order valence-corrected chi connectivity index (χ4v) is 1.52. The molecule has 12 heavy (non-hydrogen) atoms. The van der Waals surface area contributed by atoms with Crippen LogP contribution in [0.25, 0.3) is 0 Å². The summed E-state index contributed by atoms with van der Waals surface area (Å²) in [6.07, 6.45) is 3.41. The second-order valence-electron chi connectivity index (χ2n) is 3.71. The zero-order valence-electron chi connectivity index (χ0n) is 7.51. The van der Waals surface area contributed by atoms with E-state index in [4.69, 9.17) is 5.73 Å². The van der Waals surface area contributed by atoms with Gasteiger partial charge in [-0.1, -0.05) is 31.2 Å². The van der Waals surface area contributed by atoms with Crippen LogP contribution in [-0.2, 0) is 12.0 Å². The molecule has 1 aliphatic carbocycles. The molecular weight excluding hydrogens is 146 g/mol. The molecule has 1 aromatic rings. The van der Waals surface area contributed by atoms with Gasteiger partial charge in [0.25, 0.3) is 0 Å². The van der Waals surface area contributed by atoms with Gasteiger partial charge in [0, 0.05) is 5.54 Å². The Morgan fingerprint density at radius 3 is 2.75 bits per heavy atom. The summed E-state index contributed by atoms with van der Waals surface area (Å²) in [7, 11) is 0. The van der Waals surface area contributed by atoms with Crippen molar-refractivity contribution in [3.8, 4) is 0 Å². The monoisotopic (exact) mass is 161 g/mol. The predicted molar refractivity (Wildman–Crippen MR) is 50.9 cm³/mol. The fraction of sp³-hybridized carbons (Fsp3) is 0.455. The van der Waals surface area contributed by atoms with Crippen molar-refractivity contribution >= 4 is 0 Å². The Bertz CT molecular complexity index is 287. The SMILES string of the molecule is CCc1cccc(C2(N)CC2)c1. The van der Waals surface area contributed by atoms with Gasteiger partial charge in [-0.05, 0) is 30.4 Å². The van der Waals surface area contributed by atoms with Gasteiger partial charge < -0.3 is 5.73 Å². The van der Waals surface area contributed by atoms with Crippen molar-refractivity contribution in [2.75, 3.05) is 0 Å². The molecule has 0 bridgehead atoms. The number of nitrogens with two attached hydrogens (primary N) is 1. The molecule has 1 fully saturated rings. The van der Waals surface area contributed by atoms with Gasteiger partial charge >= 0.3 is 0 Å². The number of benzene rings is 1. The maximum atomic E-state index is 6.09. The average molecular weight is 161 g/mol. The molecule has 1 saturated carbocycles. The van der Waals surface area contributed by atoms with E-state index in [0.29, 0.717) is 0 Å². The highest BCUT2D eigenvalue weighted by Gasteiger charge is 2.39. The lowest BCUT2D eigenvalue weighted by atomic mass is 10.0. The summed E-state index contributed by atoms with van der Waals surface area (Å²) in [6.45, 7) is 2.18.